The fourth-order valence-corrected chi connectivity index (χ4v) is 2.06. The number of nitrogens with one attached hydrogen (secondary N) is 2. The molecule has 1 aliphatic heterocycles. The molecule has 0 bridgehead atoms. The Balaban J connectivity index is 1.82. The van der Waals surface area contributed by atoms with Crippen LogP contribution in [-0.2, 0) is 0 Å². The number of anilines is 1. The normalized spacial score (nSPS) is 20.5. The Labute approximate surface area is 103 Å². The minimum absolute atomic E-state index is 0.492. The van der Waals surface area contributed by atoms with Gasteiger partial charge >= 0.3 is 0 Å². The van der Waals surface area contributed by atoms with Gasteiger partial charge in [0.1, 0.15) is 0 Å². The molecule has 1 aromatic rings. The molecule has 0 saturated carbocycles. The van der Waals surface area contributed by atoms with Crippen molar-refractivity contribution in [2.45, 2.75) is 32.6 Å². The van der Waals surface area contributed by atoms with Crippen LogP contribution in [0.4, 0.5) is 5.95 Å². The molecule has 2 N–H and O–H groups in total. The van der Waals surface area contributed by atoms with Crippen LogP contribution < -0.4 is 10.6 Å². The predicted octanol–water partition coefficient (Wildman–Crippen LogP) is 2.01. The first-order valence-corrected chi connectivity index (χ1v) is 6.52. The van der Waals surface area contributed by atoms with E-state index >= 15 is 0 Å². The molecule has 0 aromatic carbocycles. The zero-order valence-corrected chi connectivity index (χ0v) is 10.7. The average Bonchev–Trinajstić information content (AvgIpc) is 2.38. The highest BCUT2D eigenvalue weighted by Crippen LogP contribution is 2.13. The topological polar surface area (TPSA) is 49.8 Å². The van der Waals surface area contributed by atoms with E-state index in [1.807, 2.05) is 12.4 Å². The number of aromatic nitrogens is 2. The second kappa shape index (κ2) is 5.96. The lowest BCUT2D eigenvalue weighted by molar-refractivity contribution is 0.392. The molecule has 0 radical (unpaired) electrons. The Morgan fingerprint density at radius 2 is 2.18 bits per heavy atom. The Hall–Kier alpha value is -1.16. The summed E-state index contributed by atoms with van der Waals surface area (Å²) in [4.78, 5) is 8.68. The van der Waals surface area contributed by atoms with Crippen LogP contribution in [0.2, 0.25) is 0 Å². The Morgan fingerprint density at radius 1 is 1.41 bits per heavy atom. The molecule has 2 heterocycles. The molecular weight excluding hydrogens is 212 g/mol. The monoisotopic (exact) mass is 234 g/mol. The maximum Gasteiger partial charge on any atom is 0.222 e. The number of piperidine rings is 1. The van der Waals surface area contributed by atoms with Crippen LogP contribution in [0.1, 0.15) is 38.2 Å². The van der Waals surface area contributed by atoms with Crippen molar-refractivity contribution in [1.29, 1.82) is 0 Å². The quantitative estimate of drug-likeness (QED) is 0.836. The number of hydrogen-bond donors (Lipinski definition) is 2. The summed E-state index contributed by atoms with van der Waals surface area (Å²) in [5.41, 5.74) is 1.19. The van der Waals surface area contributed by atoms with Gasteiger partial charge in [-0.05, 0) is 43.3 Å². The van der Waals surface area contributed by atoms with Crippen molar-refractivity contribution in [3.05, 3.63) is 18.0 Å². The van der Waals surface area contributed by atoms with E-state index in [-0.39, 0.29) is 0 Å². The van der Waals surface area contributed by atoms with E-state index in [1.54, 1.807) is 0 Å². The molecule has 94 valence electrons. The molecule has 1 fully saturated rings. The first-order valence-electron chi connectivity index (χ1n) is 6.52. The first kappa shape index (κ1) is 12.3. The van der Waals surface area contributed by atoms with Crippen molar-refractivity contribution in [1.82, 2.24) is 15.3 Å². The van der Waals surface area contributed by atoms with Crippen LogP contribution in [0.15, 0.2) is 12.4 Å². The number of nitrogens with zero attached hydrogens (tertiary/aromatic N) is 2. The van der Waals surface area contributed by atoms with E-state index in [1.165, 1.54) is 18.4 Å². The first-order chi connectivity index (χ1) is 8.25. The lowest BCUT2D eigenvalue weighted by atomic mass is 10.00. The average molecular weight is 234 g/mol. The summed E-state index contributed by atoms with van der Waals surface area (Å²) in [6, 6.07) is 0. The molecule has 4 heteroatoms. The van der Waals surface area contributed by atoms with Crippen LogP contribution in [-0.4, -0.2) is 29.6 Å². The van der Waals surface area contributed by atoms with Crippen molar-refractivity contribution >= 4 is 5.95 Å². The summed E-state index contributed by atoms with van der Waals surface area (Å²) in [6.07, 6.45) is 6.40. The zero-order valence-electron chi connectivity index (χ0n) is 10.7. The predicted molar refractivity (Wildman–Crippen MR) is 70.2 cm³/mol. The van der Waals surface area contributed by atoms with Gasteiger partial charge in [0.25, 0.3) is 0 Å². The molecule has 1 aromatic heterocycles. The maximum absolute atomic E-state index is 4.34. The largest absolute Gasteiger partial charge is 0.354 e. The van der Waals surface area contributed by atoms with Gasteiger partial charge in [0.2, 0.25) is 5.95 Å². The van der Waals surface area contributed by atoms with Gasteiger partial charge < -0.3 is 10.6 Å². The van der Waals surface area contributed by atoms with Crippen LogP contribution in [0, 0.1) is 5.92 Å². The number of hydrogen-bond acceptors (Lipinski definition) is 4. The number of rotatable bonds is 4. The lowest BCUT2D eigenvalue weighted by Gasteiger charge is -2.22. The molecular formula is C13H22N4. The minimum Gasteiger partial charge on any atom is -0.354 e. The molecule has 0 amide bonds. The van der Waals surface area contributed by atoms with Gasteiger partial charge in [0.05, 0.1) is 0 Å². The zero-order chi connectivity index (χ0) is 12.1. The highest BCUT2D eigenvalue weighted by atomic mass is 15.1. The van der Waals surface area contributed by atoms with Crippen LogP contribution in [0.25, 0.3) is 0 Å². The fraction of sp³-hybridized carbons (Fsp3) is 0.692. The van der Waals surface area contributed by atoms with E-state index in [2.05, 4.69) is 34.4 Å². The van der Waals surface area contributed by atoms with Gasteiger partial charge in [0.15, 0.2) is 0 Å². The fourth-order valence-electron chi connectivity index (χ4n) is 2.06. The summed E-state index contributed by atoms with van der Waals surface area (Å²) >= 11 is 0. The summed E-state index contributed by atoms with van der Waals surface area (Å²) in [6.45, 7) is 7.54. The SMILES string of the molecule is CC(C)c1cnc(NCC2CCCNC2)nc1. The van der Waals surface area contributed by atoms with Crippen molar-refractivity contribution in [2.75, 3.05) is 25.0 Å². The minimum atomic E-state index is 0.492. The highest BCUT2D eigenvalue weighted by molar-refractivity contribution is 5.25. The molecule has 4 nitrogen and oxygen atoms in total. The van der Waals surface area contributed by atoms with E-state index in [4.69, 9.17) is 0 Å². The van der Waals surface area contributed by atoms with Crippen LogP contribution in [0.3, 0.4) is 0 Å². The summed E-state index contributed by atoms with van der Waals surface area (Å²) in [5.74, 6) is 1.95. The van der Waals surface area contributed by atoms with Crippen molar-refractivity contribution in [3.8, 4) is 0 Å². The molecule has 1 unspecified atom stereocenters. The molecule has 1 saturated heterocycles. The van der Waals surface area contributed by atoms with Gasteiger partial charge in [-0.1, -0.05) is 13.8 Å². The van der Waals surface area contributed by atoms with Crippen molar-refractivity contribution < 1.29 is 0 Å². The standard InChI is InChI=1S/C13H22N4/c1-10(2)12-8-16-13(17-9-12)15-7-11-4-3-5-14-6-11/h8-11,14H,3-7H2,1-2H3,(H,15,16,17). The van der Waals surface area contributed by atoms with E-state index in [9.17, 15) is 0 Å². The third-order valence-electron chi connectivity index (χ3n) is 3.29. The van der Waals surface area contributed by atoms with Crippen molar-refractivity contribution in [2.24, 2.45) is 5.92 Å². The molecule has 17 heavy (non-hydrogen) atoms. The Bertz CT molecular complexity index is 328. The lowest BCUT2D eigenvalue weighted by Crippen LogP contribution is -2.33. The molecule has 1 atom stereocenters. The van der Waals surface area contributed by atoms with E-state index in [0.717, 1.165) is 25.6 Å². The summed E-state index contributed by atoms with van der Waals surface area (Å²) in [7, 11) is 0. The van der Waals surface area contributed by atoms with E-state index < -0.39 is 0 Å². The molecule has 0 spiro atoms. The third-order valence-corrected chi connectivity index (χ3v) is 3.29. The second-order valence-corrected chi connectivity index (χ2v) is 5.09. The Kier molecular flexibility index (Phi) is 4.31. The van der Waals surface area contributed by atoms with Crippen LogP contribution >= 0.6 is 0 Å². The second-order valence-electron chi connectivity index (χ2n) is 5.09. The van der Waals surface area contributed by atoms with Gasteiger partial charge in [-0.25, -0.2) is 9.97 Å². The molecule has 2 rings (SSSR count). The highest BCUT2D eigenvalue weighted by Gasteiger charge is 2.12. The van der Waals surface area contributed by atoms with E-state index in [0.29, 0.717) is 11.8 Å². The smallest absolute Gasteiger partial charge is 0.222 e. The summed E-state index contributed by atoms with van der Waals surface area (Å²) < 4.78 is 0. The third kappa shape index (κ3) is 3.66. The van der Waals surface area contributed by atoms with Gasteiger partial charge in [-0.2, -0.15) is 0 Å². The van der Waals surface area contributed by atoms with Gasteiger partial charge in [-0.15, -0.1) is 0 Å². The molecule has 1 aliphatic rings. The maximum atomic E-state index is 4.34. The summed E-state index contributed by atoms with van der Waals surface area (Å²) in [5, 5.41) is 6.73. The van der Waals surface area contributed by atoms with Crippen LogP contribution in [0.5, 0.6) is 0 Å². The molecule has 0 aliphatic carbocycles. The van der Waals surface area contributed by atoms with Gasteiger partial charge in [0, 0.05) is 18.9 Å². The Morgan fingerprint density at radius 3 is 2.76 bits per heavy atom. The van der Waals surface area contributed by atoms with Crippen molar-refractivity contribution in [3.63, 3.8) is 0 Å². The van der Waals surface area contributed by atoms with Gasteiger partial charge in [-0.3, -0.25) is 0 Å².